The molecule has 2 rings (SSSR count). The first-order valence-corrected chi connectivity index (χ1v) is 7.04. The average molecular weight is 252 g/mol. The van der Waals surface area contributed by atoms with E-state index in [2.05, 4.69) is 68.5 Å². The molecule has 0 nitrogen and oxygen atoms in total. The Balaban J connectivity index is 0.000000861. The van der Waals surface area contributed by atoms with E-state index in [0.29, 0.717) is 0 Å². The summed E-state index contributed by atoms with van der Waals surface area (Å²) in [4.78, 5) is 0. The van der Waals surface area contributed by atoms with E-state index in [4.69, 9.17) is 0 Å². The summed E-state index contributed by atoms with van der Waals surface area (Å²) in [5.41, 5.74) is 3.86. The number of allylic oxidation sites excluding steroid dienone is 4. The Labute approximate surface area is 117 Å². The van der Waals surface area contributed by atoms with Crippen molar-refractivity contribution in [2.75, 3.05) is 0 Å². The van der Waals surface area contributed by atoms with Crippen molar-refractivity contribution in [3.8, 4) is 0 Å². The fourth-order valence-corrected chi connectivity index (χ4v) is 2.08. The molecule has 0 spiro atoms. The third-order valence-corrected chi connectivity index (χ3v) is 2.99. The van der Waals surface area contributed by atoms with E-state index in [1.807, 2.05) is 20.8 Å². The summed E-state index contributed by atoms with van der Waals surface area (Å²) >= 11 is 0. The van der Waals surface area contributed by atoms with E-state index >= 15 is 0 Å². The molecule has 0 heterocycles. The van der Waals surface area contributed by atoms with Crippen LogP contribution in [0.15, 0.2) is 54.6 Å². The summed E-state index contributed by atoms with van der Waals surface area (Å²) in [5, 5.41) is 2.61. The third-order valence-electron chi connectivity index (χ3n) is 2.99. The predicted octanol–water partition coefficient (Wildman–Crippen LogP) is 6.15. The zero-order valence-electron chi connectivity index (χ0n) is 12.7. The quantitative estimate of drug-likeness (QED) is 0.562. The summed E-state index contributed by atoms with van der Waals surface area (Å²) in [5.74, 6) is 0. The molecule has 0 heteroatoms. The number of rotatable bonds is 2. The van der Waals surface area contributed by atoms with Gasteiger partial charge >= 0.3 is 0 Å². The summed E-state index contributed by atoms with van der Waals surface area (Å²) in [6, 6.07) is 13.2. The lowest BCUT2D eigenvalue weighted by molar-refractivity contribution is 1.50. The molecule has 0 radical (unpaired) electrons. The minimum absolute atomic E-state index is 1.27. The zero-order valence-corrected chi connectivity index (χ0v) is 12.7. The number of aryl methyl sites for hydroxylation is 1. The molecule has 0 atom stereocenters. The standard InChI is InChI=1S/C17H18.C2H6/c1-4-6-14(5-2)16-10-9-15-11-13(3)7-8-17(15)12-16;1-2/h4-12H,1-3H3;1-2H3/b6-4-,14-5+;. The van der Waals surface area contributed by atoms with Gasteiger partial charge in [-0.3, -0.25) is 0 Å². The number of fused-ring (bicyclic) bond motifs is 1. The Morgan fingerprint density at radius 2 is 1.53 bits per heavy atom. The van der Waals surface area contributed by atoms with Crippen molar-refractivity contribution < 1.29 is 0 Å². The molecule has 100 valence electrons. The van der Waals surface area contributed by atoms with Gasteiger partial charge in [0.05, 0.1) is 0 Å². The van der Waals surface area contributed by atoms with Crippen LogP contribution in [0, 0.1) is 6.92 Å². The molecule has 0 aliphatic carbocycles. The minimum Gasteiger partial charge on any atom is -0.0871 e. The van der Waals surface area contributed by atoms with Gasteiger partial charge in [0.15, 0.2) is 0 Å². The highest BCUT2D eigenvalue weighted by Crippen LogP contribution is 2.23. The number of hydrogen-bond donors (Lipinski definition) is 0. The molecule has 0 saturated heterocycles. The van der Waals surface area contributed by atoms with Crippen molar-refractivity contribution in [1.29, 1.82) is 0 Å². The van der Waals surface area contributed by atoms with Gasteiger partial charge in [0, 0.05) is 0 Å². The fraction of sp³-hybridized carbons (Fsp3) is 0.263. The normalized spacial score (nSPS) is 11.5. The van der Waals surface area contributed by atoms with Crippen LogP contribution in [0.25, 0.3) is 16.3 Å². The lowest BCUT2D eigenvalue weighted by atomic mass is 10.00. The van der Waals surface area contributed by atoms with Crippen LogP contribution in [0.3, 0.4) is 0 Å². The number of benzene rings is 2. The molecule has 0 unspecified atom stereocenters. The van der Waals surface area contributed by atoms with Crippen molar-refractivity contribution in [3.63, 3.8) is 0 Å². The van der Waals surface area contributed by atoms with Gasteiger partial charge in [-0.1, -0.05) is 68.0 Å². The van der Waals surface area contributed by atoms with Crippen LogP contribution in [-0.4, -0.2) is 0 Å². The lowest BCUT2D eigenvalue weighted by Crippen LogP contribution is -1.82. The van der Waals surface area contributed by atoms with Gasteiger partial charge in [-0.25, -0.2) is 0 Å². The highest BCUT2D eigenvalue weighted by atomic mass is 14.0. The van der Waals surface area contributed by atoms with E-state index in [1.165, 1.54) is 27.5 Å². The molecule has 0 bridgehead atoms. The first-order valence-electron chi connectivity index (χ1n) is 7.04. The van der Waals surface area contributed by atoms with E-state index < -0.39 is 0 Å². The second kappa shape index (κ2) is 7.58. The van der Waals surface area contributed by atoms with Crippen LogP contribution in [-0.2, 0) is 0 Å². The molecule has 0 aliphatic rings. The first-order chi connectivity index (χ1) is 9.24. The molecule has 0 aliphatic heterocycles. The molecular formula is C19H24. The fourth-order valence-electron chi connectivity index (χ4n) is 2.08. The SMILES string of the molecule is C/C=C\C(=C/C)c1ccc2cc(C)ccc2c1.CC. The van der Waals surface area contributed by atoms with E-state index in [-0.39, 0.29) is 0 Å². The third kappa shape index (κ3) is 3.82. The minimum atomic E-state index is 1.27. The van der Waals surface area contributed by atoms with Gasteiger partial charge in [-0.05, 0) is 48.7 Å². The first kappa shape index (κ1) is 15.2. The summed E-state index contributed by atoms with van der Waals surface area (Å²) in [7, 11) is 0. The maximum atomic E-state index is 2.25. The lowest BCUT2D eigenvalue weighted by Gasteiger charge is -2.05. The molecule has 0 aromatic heterocycles. The topological polar surface area (TPSA) is 0 Å². The smallest absolute Gasteiger partial charge is 0.0178 e. The van der Waals surface area contributed by atoms with Crippen LogP contribution in [0.1, 0.15) is 38.8 Å². The number of hydrogen-bond acceptors (Lipinski definition) is 0. The van der Waals surface area contributed by atoms with Crippen molar-refractivity contribution in [1.82, 2.24) is 0 Å². The molecule has 19 heavy (non-hydrogen) atoms. The van der Waals surface area contributed by atoms with E-state index in [9.17, 15) is 0 Å². The Bertz CT molecular complexity index is 586. The van der Waals surface area contributed by atoms with Gasteiger partial charge < -0.3 is 0 Å². The predicted molar refractivity (Wildman–Crippen MR) is 88.5 cm³/mol. The largest absolute Gasteiger partial charge is 0.0871 e. The van der Waals surface area contributed by atoms with Crippen LogP contribution < -0.4 is 0 Å². The molecular weight excluding hydrogens is 228 g/mol. The molecule has 0 amide bonds. The van der Waals surface area contributed by atoms with Crippen molar-refractivity contribution >= 4 is 16.3 Å². The molecule has 0 saturated carbocycles. The van der Waals surface area contributed by atoms with Crippen LogP contribution >= 0.6 is 0 Å². The van der Waals surface area contributed by atoms with Crippen molar-refractivity contribution in [2.45, 2.75) is 34.6 Å². The van der Waals surface area contributed by atoms with Crippen molar-refractivity contribution in [3.05, 3.63) is 65.8 Å². The molecule has 2 aromatic rings. The summed E-state index contributed by atoms with van der Waals surface area (Å²) in [6.07, 6.45) is 6.37. The average Bonchev–Trinajstić information content (AvgIpc) is 2.46. The Kier molecular flexibility index (Phi) is 6.08. The van der Waals surface area contributed by atoms with Crippen LogP contribution in [0.4, 0.5) is 0 Å². The molecule has 0 N–H and O–H groups in total. The van der Waals surface area contributed by atoms with Gasteiger partial charge in [-0.2, -0.15) is 0 Å². The molecule has 0 fully saturated rings. The van der Waals surface area contributed by atoms with Gasteiger partial charge in [0.2, 0.25) is 0 Å². The van der Waals surface area contributed by atoms with Gasteiger partial charge in [0.25, 0.3) is 0 Å². The van der Waals surface area contributed by atoms with Crippen LogP contribution in [0.5, 0.6) is 0 Å². The zero-order chi connectivity index (χ0) is 14.3. The Morgan fingerprint density at radius 1 is 0.895 bits per heavy atom. The summed E-state index contributed by atoms with van der Waals surface area (Å²) < 4.78 is 0. The second-order valence-corrected chi connectivity index (χ2v) is 4.31. The maximum Gasteiger partial charge on any atom is -0.0178 e. The monoisotopic (exact) mass is 252 g/mol. The molecule has 2 aromatic carbocycles. The van der Waals surface area contributed by atoms with Crippen LogP contribution in [0.2, 0.25) is 0 Å². The highest BCUT2D eigenvalue weighted by Gasteiger charge is 1.99. The maximum absolute atomic E-state index is 2.25. The van der Waals surface area contributed by atoms with Gasteiger partial charge in [-0.15, -0.1) is 0 Å². The Morgan fingerprint density at radius 3 is 2.16 bits per heavy atom. The Hall–Kier alpha value is -1.82. The van der Waals surface area contributed by atoms with E-state index in [1.54, 1.807) is 0 Å². The summed E-state index contributed by atoms with van der Waals surface area (Å²) in [6.45, 7) is 10.3. The second-order valence-electron chi connectivity index (χ2n) is 4.31. The highest BCUT2D eigenvalue weighted by molar-refractivity contribution is 5.88. The van der Waals surface area contributed by atoms with Gasteiger partial charge in [0.1, 0.15) is 0 Å². The van der Waals surface area contributed by atoms with E-state index in [0.717, 1.165) is 0 Å². The van der Waals surface area contributed by atoms with Crippen molar-refractivity contribution in [2.24, 2.45) is 0 Å².